The Morgan fingerprint density at radius 3 is 2.79 bits per heavy atom. The Hall–Kier alpha value is -2.84. The van der Waals surface area contributed by atoms with Crippen molar-refractivity contribution in [2.45, 2.75) is 29.2 Å². The minimum absolute atomic E-state index is 0.167. The molecule has 1 unspecified atom stereocenters. The van der Waals surface area contributed by atoms with E-state index in [-0.39, 0.29) is 9.79 Å². The number of hydrogen-bond acceptors (Lipinski definition) is 6. The van der Waals surface area contributed by atoms with Crippen LogP contribution in [0.15, 0.2) is 52.5 Å². The molecule has 0 aliphatic carbocycles. The maximum absolute atomic E-state index is 13.4. The highest BCUT2D eigenvalue weighted by molar-refractivity contribution is 7.91. The summed E-state index contributed by atoms with van der Waals surface area (Å²) in [5, 5.41) is 3.38. The number of hydrogen-bond donors (Lipinski definition) is 2. The predicted molar refractivity (Wildman–Crippen MR) is 109 cm³/mol. The van der Waals surface area contributed by atoms with Crippen LogP contribution in [0.2, 0.25) is 0 Å². The van der Waals surface area contributed by atoms with Crippen LogP contribution >= 0.6 is 0 Å². The molecule has 2 aliphatic rings. The van der Waals surface area contributed by atoms with Gasteiger partial charge in [0.1, 0.15) is 13.2 Å². The molecule has 29 heavy (non-hydrogen) atoms. The van der Waals surface area contributed by atoms with Crippen LogP contribution < -0.4 is 14.8 Å². The van der Waals surface area contributed by atoms with Crippen LogP contribution in [-0.4, -0.2) is 44.2 Å². The molecule has 0 spiro atoms. The van der Waals surface area contributed by atoms with Gasteiger partial charge in [-0.15, -0.1) is 0 Å². The number of fused-ring (bicyclic) bond motifs is 2. The number of ether oxygens (including phenoxy) is 2. The Labute approximate surface area is 168 Å². The zero-order valence-corrected chi connectivity index (χ0v) is 16.8. The number of aromatic nitrogens is 2. The Balaban J connectivity index is 1.61. The smallest absolute Gasteiger partial charge is 0.208 e. The van der Waals surface area contributed by atoms with E-state index in [0.29, 0.717) is 41.8 Å². The fourth-order valence-electron chi connectivity index (χ4n) is 3.88. The van der Waals surface area contributed by atoms with Crippen LogP contribution in [0.1, 0.15) is 18.9 Å². The second-order valence-corrected chi connectivity index (χ2v) is 9.20. The lowest BCUT2D eigenvalue weighted by molar-refractivity contribution is 0.171. The summed E-state index contributed by atoms with van der Waals surface area (Å²) in [6, 6.07) is 6.62. The van der Waals surface area contributed by atoms with Gasteiger partial charge in [-0.3, -0.25) is 4.98 Å². The molecule has 2 N–H and O–H groups in total. The van der Waals surface area contributed by atoms with Crippen LogP contribution in [0.5, 0.6) is 11.5 Å². The molecule has 1 aromatic carbocycles. The summed E-state index contributed by atoms with van der Waals surface area (Å²) in [7, 11) is -3.77. The van der Waals surface area contributed by atoms with Gasteiger partial charge in [-0.25, -0.2) is 8.42 Å². The highest BCUT2D eigenvalue weighted by atomic mass is 32.2. The van der Waals surface area contributed by atoms with Crippen molar-refractivity contribution >= 4 is 26.4 Å². The molecule has 2 aromatic heterocycles. The number of benzene rings is 1. The summed E-state index contributed by atoms with van der Waals surface area (Å²) in [6.07, 6.45) is 6.40. The van der Waals surface area contributed by atoms with Gasteiger partial charge in [-0.1, -0.05) is 6.08 Å². The maximum Gasteiger partial charge on any atom is 0.208 e. The van der Waals surface area contributed by atoms with Gasteiger partial charge in [0.2, 0.25) is 9.84 Å². The maximum atomic E-state index is 13.4. The van der Waals surface area contributed by atoms with E-state index in [1.54, 1.807) is 18.3 Å². The van der Waals surface area contributed by atoms with Gasteiger partial charge in [0.25, 0.3) is 0 Å². The minimum atomic E-state index is -3.77. The molecular weight excluding hydrogens is 390 g/mol. The first-order valence-corrected chi connectivity index (χ1v) is 11.1. The van der Waals surface area contributed by atoms with Crippen molar-refractivity contribution in [3.05, 3.63) is 48.3 Å². The predicted octanol–water partition coefficient (Wildman–Crippen LogP) is 2.93. The van der Waals surface area contributed by atoms with Gasteiger partial charge in [-0.2, -0.15) is 0 Å². The minimum Gasteiger partial charge on any atom is -0.486 e. The van der Waals surface area contributed by atoms with Crippen molar-refractivity contribution in [1.29, 1.82) is 0 Å². The van der Waals surface area contributed by atoms with E-state index in [4.69, 9.17) is 9.47 Å². The van der Waals surface area contributed by atoms with Crippen molar-refractivity contribution in [2.75, 3.05) is 19.8 Å². The van der Waals surface area contributed by atoms with Crippen LogP contribution in [-0.2, 0) is 9.84 Å². The summed E-state index contributed by atoms with van der Waals surface area (Å²) in [6.45, 7) is 3.78. The molecule has 5 rings (SSSR count). The van der Waals surface area contributed by atoms with Gasteiger partial charge < -0.3 is 19.8 Å². The molecule has 0 radical (unpaired) electrons. The van der Waals surface area contributed by atoms with Gasteiger partial charge in [0, 0.05) is 36.6 Å². The first-order valence-electron chi connectivity index (χ1n) is 9.57. The molecule has 0 bridgehead atoms. The van der Waals surface area contributed by atoms with Crippen molar-refractivity contribution in [1.82, 2.24) is 15.3 Å². The van der Waals surface area contributed by atoms with Crippen LogP contribution in [0.4, 0.5) is 0 Å². The Kier molecular flexibility index (Phi) is 4.33. The Bertz CT molecular complexity index is 1230. The Morgan fingerprint density at radius 2 is 1.97 bits per heavy atom. The van der Waals surface area contributed by atoms with E-state index in [2.05, 4.69) is 28.3 Å². The molecule has 1 atom stereocenters. The third-order valence-electron chi connectivity index (χ3n) is 5.33. The average Bonchev–Trinajstić information content (AvgIpc) is 3.17. The lowest BCUT2D eigenvalue weighted by atomic mass is 9.97. The number of rotatable bonds is 3. The lowest BCUT2D eigenvalue weighted by Crippen LogP contribution is -2.29. The Morgan fingerprint density at radius 1 is 1.14 bits per heavy atom. The monoisotopic (exact) mass is 411 g/mol. The van der Waals surface area contributed by atoms with E-state index >= 15 is 0 Å². The number of H-pyrrole nitrogens is 1. The second-order valence-electron chi connectivity index (χ2n) is 7.29. The van der Waals surface area contributed by atoms with Gasteiger partial charge in [0.05, 0.1) is 20.8 Å². The van der Waals surface area contributed by atoms with Crippen molar-refractivity contribution in [2.24, 2.45) is 0 Å². The second kappa shape index (κ2) is 6.89. The van der Waals surface area contributed by atoms with Crippen molar-refractivity contribution in [3.8, 4) is 11.5 Å². The molecule has 2 aliphatic heterocycles. The van der Waals surface area contributed by atoms with E-state index in [9.17, 15) is 8.42 Å². The molecule has 4 heterocycles. The van der Waals surface area contributed by atoms with E-state index in [0.717, 1.165) is 18.5 Å². The molecule has 0 amide bonds. The largest absolute Gasteiger partial charge is 0.486 e. The molecule has 8 heteroatoms. The topological polar surface area (TPSA) is 93.3 Å². The van der Waals surface area contributed by atoms with Gasteiger partial charge >= 0.3 is 0 Å². The highest BCUT2D eigenvalue weighted by Crippen LogP contribution is 2.36. The van der Waals surface area contributed by atoms with Crippen molar-refractivity contribution in [3.63, 3.8) is 0 Å². The first kappa shape index (κ1) is 18.2. The molecule has 0 saturated carbocycles. The number of nitrogens with one attached hydrogen (secondary N) is 2. The number of nitrogens with zero attached hydrogens (tertiary/aromatic N) is 1. The van der Waals surface area contributed by atoms with Crippen LogP contribution in [0, 0.1) is 0 Å². The van der Waals surface area contributed by atoms with Crippen LogP contribution in [0.3, 0.4) is 0 Å². The first-order chi connectivity index (χ1) is 14.0. The molecule has 0 fully saturated rings. The number of pyridine rings is 1. The molecule has 7 nitrogen and oxygen atoms in total. The van der Waals surface area contributed by atoms with E-state index < -0.39 is 9.84 Å². The summed E-state index contributed by atoms with van der Waals surface area (Å²) in [4.78, 5) is 7.99. The van der Waals surface area contributed by atoms with Gasteiger partial charge in [-0.05, 0) is 37.1 Å². The molecular formula is C21H21N3O4S. The quantitative estimate of drug-likeness (QED) is 0.688. The molecule has 3 aromatic rings. The molecule has 0 saturated heterocycles. The summed E-state index contributed by atoms with van der Waals surface area (Å²) in [5.41, 5.74) is 3.31. The fourth-order valence-corrected chi connectivity index (χ4v) is 5.30. The van der Waals surface area contributed by atoms with E-state index in [1.807, 2.05) is 6.20 Å². The lowest BCUT2D eigenvalue weighted by Gasteiger charge is -2.20. The number of aromatic amines is 1. The fraction of sp³-hybridized carbons (Fsp3) is 0.286. The summed E-state index contributed by atoms with van der Waals surface area (Å²) < 4.78 is 37.9. The zero-order valence-electron chi connectivity index (χ0n) is 15.9. The zero-order chi connectivity index (χ0) is 20.0. The third kappa shape index (κ3) is 3.08. The highest BCUT2D eigenvalue weighted by Gasteiger charge is 2.26. The average molecular weight is 411 g/mol. The summed E-state index contributed by atoms with van der Waals surface area (Å²) >= 11 is 0. The van der Waals surface area contributed by atoms with E-state index in [1.165, 1.54) is 17.7 Å². The van der Waals surface area contributed by atoms with Crippen LogP contribution in [0.25, 0.3) is 16.6 Å². The SMILES string of the molecule is CC1CC(c2c[nH]c3c(S(=O)(=O)c4ccc5c(c4)OCCO5)ccnc23)=CCN1. The standard InChI is InChI=1S/C21H21N3O4S/c1-13-10-14(4-6-22-13)16-12-24-21-19(5-7-23-20(16)21)29(25,26)15-2-3-17-18(11-15)28-9-8-27-17/h2-5,7,11-13,22,24H,6,8-10H2,1H3. The summed E-state index contributed by atoms with van der Waals surface area (Å²) in [5.74, 6) is 1.01. The third-order valence-corrected chi connectivity index (χ3v) is 7.12. The molecule has 150 valence electrons. The van der Waals surface area contributed by atoms with Crippen molar-refractivity contribution < 1.29 is 17.9 Å². The van der Waals surface area contributed by atoms with Gasteiger partial charge in [0.15, 0.2) is 11.5 Å². The normalized spacial score (nSPS) is 19.2. The number of sulfone groups is 1.